The summed E-state index contributed by atoms with van der Waals surface area (Å²) in [5, 5.41) is 0. The van der Waals surface area contributed by atoms with Gasteiger partial charge < -0.3 is 5.73 Å². The van der Waals surface area contributed by atoms with Gasteiger partial charge >= 0.3 is 0 Å². The maximum Gasteiger partial charge on any atom is 0.00131 e. The Morgan fingerprint density at radius 1 is 1.40 bits per heavy atom. The van der Waals surface area contributed by atoms with Crippen LogP contribution in [0.15, 0.2) is 0 Å². The smallest absolute Gasteiger partial charge is 0.00131 e. The van der Waals surface area contributed by atoms with E-state index in [1.165, 1.54) is 32.1 Å². The quantitative estimate of drug-likeness (QED) is 0.665. The van der Waals surface area contributed by atoms with Crippen LogP contribution in [0.3, 0.4) is 0 Å². The zero-order chi connectivity index (χ0) is 6.69. The minimum absolute atomic E-state index is 0. The van der Waals surface area contributed by atoms with Crippen LogP contribution in [0.25, 0.3) is 0 Å². The van der Waals surface area contributed by atoms with E-state index in [9.17, 15) is 0 Å². The average Bonchev–Trinajstić information content (AvgIpc) is 2.15. The Morgan fingerprint density at radius 2 is 1.90 bits per heavy atom. The zero-order valence-corrected chi connectivity index (χ0v) is 7.49. The van der Waals surface area contributed by atoms with Gasteiger partial charge in [0.25, 0.3) is 0 Å². The summed E-state index contributed by atoms with van der Waals surface area (Å²) in [6, 6.07) is 0.424. The third-order valence-corrected chi connectivity index (χ3v) is 2.18. The summed E-state index contributed by atoms with van der Waals surface area (Å²) in [6.45, 7) is 2.11. The molecule has 1 aliphatic carbocycles. The monoisotopic (exact) mass is 163 g/mol. The highest BCUT2D eigenvalue weighted by atomic mass is 35.5. The topological polar surface area (TPSA) is 26.0 Å². The van der Waals surface area contributed by atoms with Crippen LogP contribution >= 0.6 is 12.4 Å². The van der Waals surface area contributed by atoms with Gasteiger partial charge in [-0.05, 0) is 19.3 Å². The molecule has 1 nitrogen and oxygen atoms in total. The summed E-state index contributed by atoms with van der Waals surface area (Å²) in [7, 11) is 0. The number of hydrogen-bond donors (Lipinski definition) is 1. The van der Waals surface area contributed by atoms with E-state index in [0.29, 0.717) is 6.04 Å². The fraction of sp³-hybridized carbons (Fsp3) is 1.00. The van der Waals surface area contributed by atoms with Gasteiger partial charge in [-0.1, -0.05) is 25.7 Å². The fourth-order valence-electron chi connectivity index (χ4n) is 1.77. The summed E-state index contributed by atoms with van der Waals surface area (Å²) < 4.78 is 0. The van der Waals surface area contributed by atoms with Crippen LogP contribution in [0, 0.1) is 5.92 Å². The number of halogens is 1. The van der Waals surface area contributed by atoms with Crippen LogP contribution in [0.2, 0.25) is 0 Å². The van der Waals surface area contributed by atoms with E-state index in [4.69, 9.17) is 5.73 Å². The first kappa shape index (κ1) is 10.2. The summed E-state index contributed by atoms with van der Waals surface area (Å²) in [6.07, 6.45) is 7.00. The number of nitrogens with two attached hydrogens (primary N) is 1. The van der Waals surface area contributed by atoms with Gasteiger partial charge in [0.15, 0.2) is 0 Å². The molecular formula is C8H18ClN. The summed E-state index contributed by atoms with van der Waals surface area (Å²) >= 11 is 0. The summed E-state index contributed by atoms with van der Waals surface area (Å²) in [4.78, 5) is 0. The van der Waals surface area contributed by atoms with Crippen molar-refractivity contribution in [1.29, 1.82) is 0 Å². The molecule has 0 aromatic rings. The molecule has 1 fully saturated rings. The second kappa shape index (κ2) is 4.97. The molecule has 0 aromatic carbocycles. The van der Waals surface area contributed by atoms with Crippen molar-refractivity contribution < 1.29 is 0 Å². The van der Waals surface area contributed by atoms with Crippen LogP contribution < -0.4 is 5.73 Å². The van der Waals surface area contributed by atoms with Gasteiger partial charge in [-0.15, -0.1) is 12.4 Å². The van der Waals surface area contributed by atoms with E-state index >= 15 is 0 Å². The second-order valence-electron chi connectivity index (χ2n) is 3.36. The molecule has 2 heteroatoms. The van der Waals surface area contributed by atoms with Gasteiger partial charge in [-0.2, -0.15) is 0 Å². The van der Waals surface area contributed by atoms with E-state index in [-0.39, 0.29) is 12.4 Å². The van der Waals surface area contributed by atoms with Crippen LogP contribution in [-0.2, 0) is 0 Å². The zero-order valence-electron chi connectivity index (χ0n) is 6.68. The molecule has 0 bridgehead atoms. The molecule has 0 radical (unpaired) electrons. The first-order valence-corrected chi connectivity index (χ1v) is 4.04. The molecule has 0 amide bonds. The molecule has 1 aliphatic rings. The lowest BCUT2D eigenvalue weighted by Gasteiger charge is -2.10. The molecule has 1 atom stereocenters. The minimum atomic E-state index is 0. The summed E-state index contributed by atoms with van der Waals surface area (Å²) in [5.41, 5.74) is 5.67. The van der Waals surface area contributed by atoms with Gasteiger partial charge in [0.2, 0.25) is 0 Å². The molecule has 0 unspecified atom stereocenters. The Labute approximate surface area is 69.8 Å². The van der Waals surface area contributed by atoms with Crippen molar-refractivity contribution >= 4 is 12.4 Å². The highest BCUT2D eigenvalue weighted by Crippen LogP contribution is 2.27. The highest BCUT2D eigenvalue weighted by Gasteiger charge is 2.15. The predicted octanol–water partition coefficient (Wildman–Crippen LogP) is 2.34. The first-order chi connectivity index (χ1) is 4.29. The van der Waals surface area contributed by atoms with Crippen LogP contribution in [0.1, 0.15) is 39.0 Å². The lowest BCUT2D eigenvalue weighted by molar-refractivity contribution is 0.459. The Kier molecular flexibility index (Phi) is 5.10. The molecule has 0 aromatic heterocycles. The van der Waals surface area contributed by atoms with E-state index in [1.54, 1.807) is 0 Å². The normalized spacial score (nSPS) is 22.2. The molecule has 0 aliphatic heterocycles. The van der Waals surface area contributed by atoms with Crippen LogP contribution in [0.5, 0.6) is 0 Å². The molecule has 10 heavy (non-hydrogen) atoms. The van der Waals surface area contributed by atoms with E-state index < -0.39 is 0 Å². The number of hydrogen-bond acceptors (Lipinski definition) is 1. The molecule has 2 N–H and O–H groups in total. The Hall–Kier alpha value is 0.250. The predicted molar refractivity (Wildman–Crippen MR) is 47.5 cm³/mol. The molecule has 0 spiro atoms. The van der Waals surface area contributed by atoms with E-state index in [0.717, 1.165) is 5.92 Å². The van der Waals surface area contributed by atoms with Gasteiger partial charge in [0, 0.05) is 6.04 Å². The second-order valence-corrected chi connectivity index (χ2v) is 3.36. The molecule has 1 saturated carbocycles. The molecule has 62 valence electrons. The SMILES string of the molecule is C[C@H](N)CC1CCCC1.Cl. The van der Waals surface area contributed by atoms with Crippen molar-refractivity contribution in [3.63, 3.8) is 0 Å². The van der Waals surface area contributed by atoms with Crippen molar-refractivity contribution in [1.82, 2.24) is 0 Å². The van der Waals surface area contributed by atoms with Crippen molar-refractivity contribution in [2.75, 3.05) is 0 Å². The van der Waals surface area contributed by atoms with Gasteiger partial charge in [-0.25, -0.2) is 0 Å². The number of rotatable bonds is 2. The van der Waals surface area contributed by atoms with Crippen molar-refractivity contribution in [3.05, 3.63) is 0 Å². The standard InChI is InChI=1S/C8H17N.ClH/c1-7(9)6-8-4-2-3-5-8;/h7-8H,2-6,9H2,1H3;1H/t7-;/m0./s1. The maximum atomic E-state index is 5.67. The van der Waals surface area contributed by atoms with Crippen molar-refractivity contribution in [2.24, 2.45) is 11.7 Å². The van der Waals surface area contributed by atoms with Crippen LogP contribution in [-0.4, -0.2) is 6.04 Å². The van der Waals surface area contributed by atoms with Gasteiger partial charge in [-0.3, -0.25) is 0 Å². The molecule has 0 heterocycles. The molecule has 1 rings (SSSR count). The maximum absolute atomic E-state index is 5.67. The third-order valence-electron chi connectivity index (χ3n) is 2.18. The van der Waals surface area contributed by atoms with Crippen molar-refractivity contribution in [3.8, 4) is 0 Å². The Balaban J connectivity index is 0.000000810. The summed E-state index contributed by atoms with van der Waals surface area (Å²) in [5.74, 6) is 0.963. The highest BCUT2D eigenvalue weighted by molar-refractivity contribution is 5.85. The molecular weight excluding hydrogens is 146 g/mol. The fourth-order valence-corrected chi connectivity index (χ4v) is 1.77. The first-order valence-electron chi connectivity index (χ1n) is 4.04. The lowest BCUT2D eigenvalue weighted by Crippen LogP contribution is -2.18. The van der Waals surface area contributed by atoms with Gasteiger partial charge in [0.05, 0.1) is 0 Å². The van der Waals surface area contributed by atoms with Crippen LogP contribution in [0.4, 0.5) is 0 Å². The lowest BCUT2D eigenvalue weighted by atomic mass is 10.0. The molecule has 0 saturated heterocycles. The Morgan fingerprint density at radius 3 is 2.30 bits per heavy atom. The van der Waals surface area contributed by atoms with Gasteiger partial charge in [0.1, 0.15) is 0 Å². The Bertz CT molecular complexity index is 77.3. The van der Waals surface area contributed by atoms with E-state index in [2.05, 4.69) is 6.92 Å². The average molecular weight is 164 g/mol. The minimum Gasteiger partial charge on any atom is -0.328 e. The van der Waals surface area contributed by atoms with E-state index in [1.807, 2.05) is 0 Å². The third kappa shape index (κ3) is 3.43. The van der Waals surface area contributed by atoms with Crippen molar-refractivity contribution in [2.45, 2.75) is 45.1 Å². The largest absolute Gasteiger partial charge is 0.328 e.